The molecule has 23 heavy (non-hydrogen) atoms. The van der Waals surface area contributed by atoms with Crippen molar-refractivity contribution in [2.75, 3.05) is 33.9 Å². The van der Waals surface area contributed by atoms with E-state index in [0.29, 0.717) is 23.5 Å². The van der Waals surface area contributed by atoms with E-state index in [9.17, 15) is 4.79 Å². The first-order valence-electron chi connectivity index (χ1n) is 8.12. The third-order valence-electron chi connectivity index (χ3n) is 4.82. The van der Waals surface area contributed by atoms with Crippen molar-refractivity contribution < 1.29 is 14.3 Å². The Kier molecular flexibility index (Phi) is 4.86. The summed E-state index contributed by atoms with van der Waals surface area (Å²) in [5, 5.41) is 3.15. The number of ether oxygens (including phenoxy) is 2. The van der Waals surface area contributed by atoms with Crippen molar-refractivity contribution in [3.8, 4) is 11.5 Å². The van der Waals surface area contributed by atoms with Crippen LogP contribution in [0.4, 0.5) is 0 Å². The van der Waals surface area contributed by atoms with E-state index in [1.54, 1.807) is 26.4 Å². The van der Waals surface area contributed by atoms with Gasteiger partial charge in [0.05, 0.1) is 14.2 Å². The Hall–Kier alpha value is -2.01. The van der Waals surface area contributed by atoms with E-state index in [2.05, 4.69) is 10.2 Å². The molecule has 0 saturated carbocycles. The molecule has 3 saturated heterocycles. The maximum absolute atomic E-state index is 12.2. The van der Waals surface area contributed by atoms with Crippen LogP contribution in [0.15, 0.2) is 24.3 Å². The van der Waals surface area contributed by atoms with Gasteiger partial charge in [-0.2, -0.15) is 0 Å². The smallest absolute Gasteiger partial charge is 0.244 e. The van der Waals surface area contributed by atoms with Crippen LogP contribution in [-0.2, 0) is 4.79 Å². The highest BCUT2D eigenvalue weighted by molar-refractivity contribution is 5.92. The molecule has 0 aliphatic carbocycles. The van der Waals surface area contributed by atoms with Crippen molar-refractivity contribution in [1.82, 2.24) is 10.2 Å². The Balaban J connectivity index is 1.60. The second kappa shape index (κ2) is 7.04. The number of carbonyl (C=O) groups excluding carboxylic acids is 1. The fraction of sp³-hybridized carbons (Fsp3) is 0.500. The third-order valence-corrected chi connectivity index (χ3v) is 4.82. The molecule has 0 radical (unpaired) electrons. The van der Waals surface area contributed by atoms with E-state index in [1.807, 2.05) is 18.2 Å². The second-order valence-electron chi connectivity index (χ2n) is 6.20. The minimum Gasteiger partial charge on any atom is -0.493 e. The van der Waals surface area contributed by atoms with Crippen LogP contribution in [0.25, 0.3) is 6.08 Å². The molecular formula is C18H24N2O3. The standard InChI is InChI=1S/C18H24N2O3/c1-22-16-5-3-13(11-17(16)23-2)4-6-18(21)19-15-12-20-9-7-14(15)8-10-20/h3-6,11,14-15H,7-10,12H2,1-2H3,(H,19,21). The summed E-state index contributed by atoms with van der Waals surface area (Å²) in [4.78, 5) is 14.6. The lowest BCUT2D eigenvalue weighted by Crippen LogP contribution is -2.57. The van der Waals surface area contributed by atoms with Gasteiger partial charge in [0.15, 0.2) is 11.5 Å². The SMILES string of the molecule is COc1ccc(C=CC(=O)NC2CN3CCC2CC3)cc1OC. The van der Waals surface area contributed by atoms with Gasteiger partial charge in [0.25, 0.3) is 0 Å². The number of fused-ring (bicyclic) bond motifs is 3. The van der Waals surface area contributed by atoms with Gasteiger partial charge in [-0.15, -0.1) is 0 Å². The van der Waals surface area contributed by atoms with Crippen molar-refractivity contribution in [3.05, 3.63) is 29.8 Å². The van der Waals surface area contributed by atoms with E-state index in [0.717, 1.165) is 12.1 Å². The Morgan fingerprint density at radius 1 is 1.22 bits per heavy atom. The number of nitrogens with one attached hydrogen (secondary N) is 1. The number of hydrogen-bond acceptors (Lipinski definition) is 4. The molecule has 1 amide bonds. The number of rotatable bonds is 5. The van der Waals surface area contributed by atoms with Gasteiger partial charge in [0, 0.05) is 18.7 Å². The topological polar surface area (TPSA) is 50.8 Å². The number of methoxy groups -OCH3 is 2. The van der Waals surface area contributed by atoms with E-state index in [1.165, 1.54) is 25.9 Å². The van der Waals surface area contributed by atoms with Crippen LogP contribution in [0.2, 0.25) is 0 Å². The number of amides is 1. The summed E-state index contributed by atoms with van der Waals surface area (Å²) in [6.07, 6.45) is 5.80. The normalized spacial score (nSPS) is 26.3. The molecule has 1 N–H and O–H groups in total. The summed E-state index contributed by atoms with van der Waals surface area (Å²) in [5.74, 6) is 1.95. The maximum Gasteiger partial charge on any atom is 0.244 e. The lowest BCUT2D eigenvalue weighted by molar-refractivity contribution is -0.118. The minimum absolute atomic E-state index is 0.0291. The van der Waals surface area contributed by atoms with Gasteiger partial charge in [-0.05, 0) is 55.6 Å². The number of benzene rings is 1. The minimum atomic E-state index is -0.0291. The summed E-state index contributed by atoms with van der Waals surface area (Å²) < 4.78 is 10.5. The highest BCUT2D eigenvalue weighted by Crippen LogP contribution is 2.28. The Morgan fingerprint density at radius 2 is 1.96 bits per heavy atom. The van der Waals surface area contributed by atoms with Gasteiger partial charge in [-0.3, -0.25) is 4.79 Å². The van der Waals surface area contributed by atoms with Gasteiger partial charge >= 0.3 is 0 Å². The molecule has 5 heteroatoms. The van der Waals surface area contributed by atoms with Crippen molar-refractivity contribution in [2.45, 2.75) is 18.9 Å². The molecule has 2 bridgehead atoms. The van der Waals surface area contributed by atoms with Crippen LogP contribution in [0.1, 0.15) is 18.4 Å². The maximum atomic E-state index is 12.2. The van der Waals surface area contributed by atoms with Crippen LogP contribution < -0.4 is 14.8 Å². The Labute approximate surface area is 137 Å². The van der Waals surface area contributed by atoms with E-state index >= 15 is 0 Å². The Morgan fingerprint density at radius 3 is 2.57 bits per heavy atom. The van der Waals surface area contributed by atoms with E-state index in [-0.39, 0.29) is 5.91 Å². The van der Waals surface area contributed by atoms with Gasteiger partial charge in [-0.1, -0.05) is 6.07 Å². The van der Waals surface area contributed by atoms with Crippen LogP contribution in [0.3, 0.4) is 0 Å². The Bertz CT molecular complexity index is 592. The summed E-state index contributed by atoms with van der Waals surface area (Å²) in [6.45, 7) is 3.34. The lowest BCUT2D eigenvalue weighted by atomic mass is 9.84. The summed E-state index contributed by atoms with van der Waals surface area (Å²) in [5.41, 5.74) is 0.909. The molecule has 3 heterocycles. The molecule has 4 rings (SSSR count). The van der Waals surface area contributed by atoms with Gasteiger partial charge < -0.3 is 19.7 Å². The highest BCUT2D eigenvalue weighted by Gasteiger charge is 2.34. The van der Waals surface area contributed by atoms with Crippen molar-refractivity contribution in [3.63, 3.8) is 0 Å². The zero-order chi connectivity index (χ0) is 16.2. The van der Waals surface area contributed by atoms with Crippen LogP contribution in [0.5, 0.6) is 11.5 Å². The predicted molar refractivity (Wildman–Crippen MR) is 89.7 cm³/mol. The summed E-state index contributed by atoms with van der Waals surface area (Å²) >= 11 is 0. The molecule has 5 nitrogen and oxygen atoms in total. The molecule has 1 aromatic carbocycles. The van der Waals surface area contributed by atoms with Gasteiger partial charge in [0.1, 0.15) is 0 Å². The lowest BCUT2D eigenvalue weighted by Gasteiger charge is -2.44. The molecule has 1 unspecified atom stereocenters. The second-order valence-corrected chi connectivity index (χ2v) is 6.20. The largest absolute Gasteiger partial charge is 0.493 e. The van der Waals surface area contributed by atoms with Crippen LogP contribution in [-0.4, -0.2) is 50.7 Å². The molecule has 3 aliphatic rings. The molecule has 0 spiro atoms. The fourth-order valence-electron chi connectivity index (χ4n) is 3.49. The van der Waals surface area contributed by atoms with E-state index < -0.39 is 0 Å². The molecule has 124 valence electrons. The first kappa shape index (κ1) is 15.9. The van der Waals surface area contributed by atoms with Crippen molar-refractivity contribution in [2.24, 2.45) is 5.92 Å². The highest BCUT2D eigenvalue weighted by atomic mass is 16.5. The first-order valence-corrected chi connectivity index (χ1v) is 8.12. The van der Waals surface area contributed by atoms with E-state index in [4.69, 9.17) is 9.47 Å². The molecule has 1 aromatic rings. The number of hydrogen-bond donors (Lipinski definition) is 1. The average molecular weight is 316 g/mol. The fourth-order valence-corrected chi connectivity index (χ4v) is 3.49. The van der Waals surface area contributed by atoms with Crippen LogP contribution >= 0.6 is 0 Å². The molecule has 1 atom stereocenters. The monoisotopic (exact) mass is 316 g/mol. The summed E-state index contributed by atoms with van der Waals surface area (Å²) in [6, 6.07) is 5.89. The number of carbonyl (C=O) groups is 1. The molecule has 0 aromatic heterocycles. The zero-order valence-electron chi connectivity index (χ0n) is 13.7. The average Bonchev–Trinajstić information content (AvgIpc) is 2.60. The van der Waals surface area contributed by atoms with Crippen molar-refractivity contribution >= 4 is 12.0 Å². The van der Waals surface area contributed by atoms with Crippen LogP contribution in [0, 0.1) is 5.92 Å². The predicted octanol–water partition coefficient (Wildman–Crippen LogP) is 1.93. The molecule has 3 fully saturated rings. The molecule has 3 aliphatic heterocycles. The number of piperidine rings is 3. The van der Waals surface area contributed by atoms with Gasteiger partial charge in [-0.25, -0.2) is 0 Å². The zero-order valence-corrected chi connectivity index (χ0v) is 13.7. The van der Waals surface area contributed by atoms with Gasteiger partial charge in [0.2, 0.25) is 5.91 Å². The first-order chi connectivity index (χ1) is 11.2. The third kappa shape index (κ3) is 3.67. The molecular weight excluding hydrogens is 292 g/mol. The summed E-state index contributed by atoms with van der Waals surface area (Å²) in [7, 11) is 3.21. The number of nitrogens with zero attached hydrogens (tertiary/aromatic N) is 1. The van der Waals surface area contributed by atoms with Crippen molar-refractivity contribution in [1.29, 1.82) is 0 Å². The quantitative estimate of drug-likeness (QED) is 0.843.